The minimum atomic E-state index is -0.856. The number of nitrogens with zero attached hydrogens (tertiary/aromatic N) is 1. The fourth-order valence-electron chi connectivity index (χ4n) is 3.25. The number of aromatic nitrogens is 2. The van der Waals surface area contributed by atoms with Gasteiger partial charge in [0.2, 0.25) is 5.91 Å². The molecular weight excluding hydrogens is 404 g/mol. The molecule has 2 amide bonds. The van der Waals surface area contributed by atoms with Crippen molar-refractivity contribution in [2.45, 2.75) is 19.4 Å². The van der Waals surface area contributed by atoms with Crippen molar-refractivity contribution in [3.63, 3.8) is 0 Å². The Morgan fingerprint density at radius 3 is 2.70 bits per heavy atom. The number of hydrogen-bond acceptors (Lipinski definition) is 4. The predicted molar refractivity (Wildman–Crippen MR) is 115 cm³/mol. The zero-order valence-corrected chi connectivity index (χ0v) is 16.9. The van der Waals surface area contributed by atoms with Gasteiger partial charge in [0.1, 0.15) is 11.8 Å². The Kier molecular flexibility index (Phi) is 5.54. The minimum absolute atomic E-state index is 0.281. The molecule has 0 aliphatic carbocycles. The van der Waals surface area contributed by atoms with Gasteiger partial charge in [-0.15, -0.1) is 0 Å². The highest BCUT2D eigenvalue weighted by molar-refractivity contribution is 6.33. The predicted octanol–water partition coefficient (Wildman–Crippen LogP) is 4.10. The Bertz CT molecular complexity index is 1210. The maximum Gasteiger partial charge on any atom is 0.253 e. The summed E-state index contributed by atoms with van der Waals surface area (Å²) in [6, 6.07) is 15.2. The van der Waals surface area contributed by atoms with Crippen molar-refractivity contribution in [3.8, 4) is 0 Å². The van der Waals surface area contributed by atoms with Crippen LogP contribution in [-0.4, -0.2) is 28.0 Å². The second-order valence-electron chi connectivity index (χ2n) is 6.88. The molecule has 1 atom stereocenters. The summed E-state index contributed by atoms with van der Waals surface area (Å²) < 4.78 is 5.00. The number of aryl methyl sites for hydroxylation is 1. The van der Waals surface area contributed by atoms with E-state index >= 15 is 0 Å². The number of rotatable bonds is 6. The third-order valence-corrected chi connectivity index (χ3v) is 5.05. The van der Waals surface area contributed by atoms with Crippen LogP contribution >= 0.6 is 11.6 Å². The Morgan fingerprint density at radius 1 is 1.17 bits per heavy atom. The number of aromatic amines is 1. The van der Waals surface area contributed by atoms with Crippen LogP contribution in [0.4, 0.5) is 5.82 Å². The van der Waals surface area contributed by atoms with Gasteiger partial charge in [-0.25, -0.2) is 0 Å². The molecule has 0 spiro atoms. The Hall–Kier alpha value is -3.58. The Labute approximate surface area is 177 Å². The highest BCUT2D eigenvalue weighted by Gasteiger charge is 2.25. The summed E-state index contributed by atoms with van der Waals surface area (Å²) in [6.07, 6.45) is 2.12. The molecular formula is C22H19ClN4O3. The lowest BCUT2D eigenvalue weighted by Crippen LogP contribution is -2.45. The van der Waals surface area contributed by atoms with Gasteiger partial charge in [-0.1, -0.05) is 47.1 Å². The van der Waals surface area contributed by atoms with Crippen molar-refractivity contribution in [2.75, 3.05) is 5.32 Å². The summed E-state index contributed by atoms with van der Waals surface area (Å²) in [5.41, 5.74) is 2.16. The number of carbonyl (C=O) groups is 2. The summed E-state index contributed by atoms with van der Waals surface area (Å²) >= 11 is 6.15. The van der Waals surface area contributed by atoms with E-state index in [9.17, 15) is 9.59 Å². The molecule has 30 heavy (non-hydrogen) atoms. The molecule has 0 aliphatic heterocycles. The van der Waals surface area contributed by atoms with Crippen molar-refractivity contribution in [3.05, 3.63) is 82.7 Å². The number of carbonyl (C=O) groups excluding carboxylic acids is 2. The highest BCUT2D eigenvalue weighted by atomic mass is 35.5. The first kappa shape index (κ1) is 19.7. The first-order valence-corrected chi connectivity index (χ1v) is 9.73. The number of anilines is 1. The van der Waals surface area contributed by atoms with Crippen LogP contribution in [0.1, 0.15) is 21.7 Å². The fraction of sp³-hybridized carbons (Fsp3) is 0.136. The normalized spacial score (nSPS) is 11.9. The van der Waals surface area contributed by atoms with E-state index in [1.165, 1.54) is 0 Å². The molecule has 0 unspecified atom stereocenters. The number of para-hydroxylation sites is 1. The van der Waals surface area contributed by atoms with E-state index in [-0.39, 0.29) is 12.2 Å². The second-order valence-corrected chi connectivity index (χ2v) is 7.29. The largest absolute Gasteiger partial charge is 0.361 e. The third kappa shape index (κ3) is 4.21. The van der Waals surface area contributed by atoms with E-state index in [0.29, 0.717) is 16.3 Å². The van der Waals surface area contributed by atoms with Crippen LogP contribution in [0.15, 0.2) is 65.3 Å². The van der Waals surface area contributed by atoms with Crippen LogP contribution in [0.2, 0.25) is 5.02 Å². The summed E-state index contributed by atoms with van der Waals surface area (Å²) in [7, 11) is 0. The van der Waals surface area contributed by atoms with Crippen molar-refractivity contribution < 1.29 is 14.1 Å². The molecule has 0 saturated heterocycles. The summed E-state index contributed by atoms with van der Waals surface area (Å²) in [5, 5.41) is 10.6. The van der Waals surface area contributed by atoms with Crippen LogP contribution in [-0.2, 0) is 11.2 Å². The molecule has 0 bridgehead atoms. The zero-order valence-electron chi connectivity index (χ0n) is 16.1. The molecule has 2 aromatic carbocycles. The van der Waals surface area contributed by atoms with E-state index in [2.05, 4.69) is 20.8 Å². The molecule has 2 heterocycles. The van der Waals surface area contributed by atoms with Crippen LogP contribution < -0.4 is 10.6 Å². The minimum Gasteiger partial charge on any atom is -0.361 e. The quantitative estimate of drug-likeness (QED) is 0.435. The maximum atomic E-state index is 13.0. The van der Waals surface area contributed by atoms with Gasteiger partial charge in [-0.05, 0) is 30.7 Å². The van der Waals surface area contributed by atoms with E-state index in [0.717, 1.165) is 16.5 Å². The number of amides is 2. The number of hydrogen-bond donors (Lipinski definition) is 3. The van der Waals surface area contributed by atoms with Crippen molar-refractivity contribution in [2.24, 2.45) is 0 Å². The fourth-order valence-corrected chi connectivity index (χ4v) is 3.47. The standard InChI is InChI=1S/C22H19ClN4O3/c1-13-10-20(27-30-13)26-22(29)19(25-21(28)16-7-2-4-8-17(16)23)11-14-12-24-18-9-5-3-6-15(14)18/h2-10,12,19,24H,11H2,1H3,(H,25,28)(H,26,27,29)/t19-/m0/s1. The number of fused-ring (bicyclic) bond motifs is 1. The molecule has 0 fully saturated rings. The topological polar surface area (TPSA) is 100 Å². The molecule has 4 rings (SSSR count). The monoisotopic (exact) mass is 422 g/mol. The maximum absolute atomic E-state index is 13.0. The van der Waals surface area contributed by atoms with E-state index < -0.39 is 17.9 Å². The molecule has 7 nitrogen and oxygen atoms in total. The van der Waals surface area contributed by atoms with E-state index in [1.807, 2.05) is 30.5 Å². The number of halogens is 1. The third-order valence-electron chi connectivity index (χ3n) is 4.72. The van der Waals surface area contributed by atoms with Crippen LogP contribution in [0.25, 0.3) is 10.9 Å². The van der Waals surface area contributed by atoms with Gasteiger partial charge in [0.05, 0.1) is 10.6 Å². The van der Waals surface area contributed by atoms with Crippen LogP contribution in [0.5, 0.6) is 0 Å². The average molecular weight is 423 g/mol. The van der Waals surface area contributed by atoms with Gasteiger partial charge < -0.3 is 20.1 Å². The molecule has 8 heteroatoms. The SMILES string of the molecule is Cc1cc(NC(=O)[C@H](Cc2c[nH]c3ccccc23)NC(=O)c2ccccc2Cl)no1. The molecule has 0 radical (unpaired) electrons. The van der Waals surface area contributed by atoms with Gasteiger partial charge in [0.25, 0.3) is 5.91 Å². The first-order valence-electron chi connectivity index (χ1n) is 9.36. The van der Waals surface area contributed by atoms with Gasteiger partial charge in [-0.2, -0.15) is 0 Å². The second kappa shape index (κ2) is 8.42. The summed E-state index contributed by atoms with van der Waals surface area (Å²) in [5.74, 6) is 0.0120. The molecule has 0 saturated carbocycles. The summed E-state index contributed by atoms with van der Waals surface area (Å²) in [4.78, 5) is 29.0. The smallest absolute Gasteiger partial charge is 0.253 e. The van der Waals surface area contributed by atoms with Crippen LogP contribution in [0, 0.1) is 6.92 Å². The van der Waals surface area contributed by atoms with Gasteiger partial charge in [-0.3, -0.25) is 9.59 Å². The summed E-state index contributed by atoms with van der Waals surface area (Å²) in [6.45, 7) is 1.73. The zero-order chi connectivity index (χ0) is 21.1. The Balaban J connectivity index is 1.60. The van der Waals surface area contributed by atoms with Crippen molar-refractivity contribution in [1.29, 1.82) is 0 Å². The molecule has 4 aromatic rings. The molecule has 3 N–H and O–H groups in total. The lowest BCUT2D eigenvalue weighted by Gasteiger charge is -2.18. The van der Waals surface area contributed by atoms with Gasteiger partial charge in [0, 0.05) is 29.6 Å². The lowest BCUT2D eigenvalue weighted by atomic mass is 10.0. The average Bonchev–Trinajstić information content (AvgIpc) is 3.33. The highest BCUT2D eigenvalue weighted by Crippen LogP contribution is 2.21. The molecule has 152 valence electrons. The first-order chi connectivity index (χ1) is 14.5. The van der Waals surface area contributed by atoms with Crippen molar-refractivity contribution in [1.82, 2.24) is 15.5 Å². The van der Waals surface area contributed by atoms with E-state index in [1.54, 1.807) is 37.3 Å². The number of nitrogens with one attached hydrogen (secondary N) is 3. The van der Waals surface area contributed by atoms with Gasteiger partial charge in [0.15, 0.2) is 5.82 Å². The lowest BCUT2D eigenvalue weighted by molar-refractivity contribution is -0.118. The molecule has 0 aliphatic rings. The van der Waals surface area contributed by atoms with E-state index in [4.69, 9.17) is 16.1 Å². The van der Waals surface area contributed by atoms with Crippen molar-refractivity contribution >= 4 is 40.1 Å². The number of benzene rings is 2. The molecule has 2 aromatic heterocycles. The number of H-pyrrole nitrogens is 1. The van der Waals surface area contributed by atoms with Crippen LogP contribution in [0.3, 0.4) is 0 Å². The van der Waals surface area contributed by atoms with Gasteiger partial charge >= 0.3 is 0 Å². The Morgan fingerprint density at radius 2 is 1.93 bits per heavy atom.